The summed E-state index contributed by atoms with van der Waals surface area (Å²) in [4.78, 5) is 11.6. The molecule has 0 spiro atoms. The van der Waals surface area contributed by atoms with Gasteiger partial charge in [-0.1, -0.05) is 92.9 Å². The van der Waals surface area contributed by atoms with E-state index in [4.69, 9.17) is 0 Å². The van der Waals surface area contributed by atoms with E-state index >= 15 is 0 Å². The highest BCUT2D eigenvalue weighted by atomic mass is 16.4. The Labute approximate surface area is 176 Å². The molecule has 0 aromatic heterocycles. The third-order valence-corrected chi connectivity index (χ3v) is 6.58. The van der Waals surface area contributed by atoms with Gasteiger partial charge < -0.3 is 5.11 Å². The molecule has 5 aromatic carbocycles. The Morgan fingerprint density at radius 3 is 2.03 bits per heavy atom. The van der Waals surface area contributed by atoms with Crippen molar-refractivity contribution in [3.63, 3.8) is 0 Å². The molecule has 1 unspecified atom stereocenters. The maximum absolute atomic E-state index is 11.6. The number of hydrogen-bond acceptors (Lipinski definition) is 1. The van der Waals surface area contributed by atoms with Gasteiger partial charge in [0.1, 0.15) is 0 Å². The van der Waals surface area contributed by atoms with Gasteiger partial charge in [-0.2, -0.15) is 0 Å². The van der Waals surface area contributed by atoms with Crippen molar-refractivity contribution in [3.8, 4) is 0 Å². The van der Waals surface area contributed by atoms with E-state index < -0.39 is 5.97 Å². The maximum Gasteiger partial charge on any atom is 0.303 e. The van der Waals surface area contributed by atoms with Crippen LogP contribution in [-0.2, 0) is 4.79 Å². The zero-order valence-corrected chi connectivity index (χ0v) is 17.3. The average molecular weight is 395 g/mol. The van der Waals surface area contributed by atoms with Gasteiger partial charge in [-0.15, -0.1) is 0 Å². The van der Waals surface area contributed by atoms with Crippen molar-refractivity contribution < 1.29 is 9.90 Å². The summed E-state index contributed by atoms with van der Waals surface area (Å²) in [7, 11) is 0. The summed E-state index contributed by atoms with van der Waals surface area (Å²) < 4.78 is 0. The zero-order chi connectivity index (χ0) is 20.7. The highest BCUT2D eigenvalue weighted by Gasteiger charge is 2.20. The molecule has 2 nitrogen and oxygen atoms in total. The lowest BCUT2D eigenvalue weighted by molar-refractivity contribution is -0.137. The number of carbonyl (C=O) groups is 1. The van der Waals surface area contributed by atoms with E-state index in [1.807, 2.05) is 0 Å². The number of carboxylic acids is 1. The minimum Gasteiger partial charge on any atom is -0.481 e. The molecule has 0 aliphatic heterocycles. The maximum atomic E-state index is 11.6. The Kier molecular flexibility index (Phi) is 4.78. The normalized spacial score (nSPS) is 13.0. The fourth-order valence-electron chi connectivity index (χ4n) is 5.24. The minimum atomic E-state index is -0.716. The molecule has 1 N–H and O–H groups in total. The largest absolute Gasteiger partial charge is 0.481 e. The van der Waals surface area contributed by atoms with Crippen molar-refractivity contribution in [1.82, 2.24) is 0 Å². The molecule has 5 aromatic rings. The van der Waals surface area contributed by atoms with Gasteiger partial charge in [-0.3, -0.25) is 4.79 Å². The van der Waals surface area contributed by atoms with Gasteiger partial charge in [0.25, 0.3) is 0 Å². The summed E-state index contributed by atoms with van der Waals surface area (Å²) in [5.41, 5.74) is 1.18. The second-order valence-corrected chi connectivity index (χ2v) is 8.43. The Morgan fingerprint density at radius 1 is 0.767 bits per heavy atom. The van der Waals surface area contributed by atoms with Gasteiger partial charge in [0.2, 0.25) is 0 Å². The van der Waals surface area contributed by atoms with E-state index in [0.717, 1.165) is 25.7 Å². The molecule has 2 heteroatoms. The summed E-state index contributed by atoms with van der Waals surface area (Å²) in [6.45, 7) is 2.19. The van der Waals surface area contributed by atoms with Gasteiger partial charge in [0.05, 0.1) is 6.42 Å². The highest BCUT2D eigenvalue weighted by Crippen LogP contribution is 2.43. The fourth-order valence-corrected chi connectivity index (χ4v) is 5.24. The molecule has 0 fully saturated rings. The number of aliphatic carboxylic acids is 1. The van der Waals surface area contributed by atoms with Crippen LogP contribution in [0.25, 0.3) is 43.1 Å². The predicted molar refractivity (Wildman–Crippen MR) is 127 cm³/mol. The Bertz CT molecular complexity index is 1320. The van der Waals surface area contributed by atoms with Crippen LogP contribution in [-0.4, -0.2) is 11.1 Å². The summed E-state index contributed by atoms with van der Waals surface area (Å²) in [5, 5.41) is 19.7. The van der Waals surface area contributed by atoms with Gasteiger partial charge in [-0.05, 0) is 61.0 Å². The molecule has 0 amide bonds. The number of unbranched alkanes of at least 4 members (excludes halogenated alkanes) is 2. The van der Waals surface area contributed by atoms with Crippen molar-refractivity contribution in [3.05, 3.63) is 72.3 Å². The van der Waals surface area contributed by atoms with Crippen LogP contribution in [0.5, 0.6) is 0 Å². The fraction of sp³-hybridized carbons (Fsp3) is 0.250. The molecule has 0 saturated carbocycles. The van der Waals surface area contributed by atoms with Gasteiger partial charge in [-0.25, -0.2) is 0 Å². The molecule has 0 radical (unpaired) electrons. The molecule has 0 aliphatic rings. The first kappa shape index (κ1) is 18.9. The molecule has 150 valence electrons. The lowest BCUT2D eigenvalue weighted by Crippen LogP contribution is -2.07. The van der Waals surface area contributed by atoms with Crippen LogP contribution in [0.1, 0.15) is 50.5 Å². The lowest BCUT2D eigenvalue weighted by Gasteiger charge is -2.21. The minimum absolute atomic E-state index is 0.0475. The summed E-state index contributed by atoms with van der Waals surface area (Å²) in [6.07, 6.45) is 4.47. The van der Waals surface area contributed by atoms with E-state index in [9.17, 15) is 9.90 Å². The monoisotopic (exact) mass is 394 g/mol. The first-order valence-corrected chi connectivity index (χ1v) is 11.0. The first-order valence-electron chi connectivity index (χ1n) is 11.0. The molecule has 0 bridgehead atoms. The van der Waals surface area contributed by atoms with Crippen LogP contribution in [0, 0.1) is 0 Å². The van der Waals surface area contributed by atoms with Crippen LogP contribution in [0.15, 0.2) is 66.7 Å². The Morgan fingerprint density at radius 2 is 1.37 bits per heavy atom. The standard InChI is InChI=1S/C28H26O2/c1-2-3-4-8-19(17-26(29)30)20-15-16-25-23-12-6-10-18-9-5-11-22(27(18)23)24-14-7-13-21(20)28(24)25/h5-7,9-16,19H,2-4,8,17H2,1H3,(H,29,30). The molecular formula is C28H26O2. The SMILES string of the molecule is CCCCCC(CC(=O)O)c1ccc2c3cccc4cccc(c5cccc1c52)c43. The van der Waals surface area contributed by atoms with Crippen LogP contribution in [0.2, 0.25) is 0 Å². The summed E-state index contributed by atoms with van der Waals surface area (Å²) in [5.74, 6) is -0.668. The predicted octanol–water partition coefficient (Wildman–Crippen LogP) is 7.88. The zero-order valence-electron chi connectivity index (χ0n) is 17.3. The number of benzene rings is 5. The average Bonchev–Trinajstić information content (AvgIpc) is 2.76. The van der Waals surface area contributed by atoms with Crippen LogP contribution in [0.4, 0.5) is 0 Å². The molecule has 30 heavy (non-hydrogen) atoms. The number of hydrogen-bond donors (Lipinski definition) is 1. The van der Waals surface area contributed by atoms with Gasteiger partial charge >= 0.3 is 5.97 Å². The second-order valence-electron chi connectivity index (χ2n) is 8.43. The Balaban J connectivity index is 1.81. The van der Waals surface area contributed by atoms with Gasteiger partial charge in [0.15, 0.2) is 0 Å². The van der Waals surface area contributed by atoms with E-state index in [2.05, 4.69) is 73.7 Å². The summed E-state index contributed by atoms with van der Waals surface area (Å²) in [6, 6.07) is 24.0. The van der Waals surface area contributed by atoms with Crippen molar-refractivity contribution in [2.24, 2.45) is 0 Å². The van der Waals surface area contributed by atoms with Crippen LogP contribution in [0.3, 0.4) is 0 Å². The molecule has 0 aliphatic carbocycles. The molecule has 0 saturated heterocycles. The molecule has 5 rings (SSSR count). The number of rotatable bonds is 7. The Hall–Kier alpha value is -3.13. The van der Waals surface area contributed by atoms with E-state index in [1.54, 1.807) is 0 Å². The van der Waals surface area contributed by atoms with Crippen LogP contribution < -0.4 is 0 Å². The molecule has 0 heterocycles. The second kappa shape index (κ2) is 7.60. The quantitative estimate of drug-likeness (QED) is 0.173. The van der Waals surface area contributed by atoms with Crippen molar-refractivity contribution in [2.75, 3.05) is 0 Å². The first-order chi connectivity index (χ1) is 14.7. The highest BCUT2D eigenvalue weighted by molar-refractivity contribution is 6.33. The topological polar surface area (TPSA) is 37.3 Å². The third-order valence-electron chi connectivity index (χ3n) is 6.58. The van der Waals surface area contributed by atoms with E-state index in [-0.39, 0.29) is 12.3 Å². The van der Waals surface area contributed by atoms with Crippen molar-refractivity contribution in [2.45, 2.75) is 44.9 Å². The molecular weight excluding hydrogens is 368 g/mol. The third kappa shape index (κ3) is 2.99. The molecule has 1 atom stereocenters. The summed E-state index contributed by atoms with van der Waals surface area (Å²) >= 11 is 0. The van der Waals surface area contributed by atoms with Crippen molar-refractivity contribution in [1.29, 1.82) is 0 Å². The van der Waals surface area contributed by atoms with Crippen molar-refractivity contribution >= 4 is 49.1 Å². The van der Waals surface area contributed by atoms with Gasteiger partial charge in [0, 0.05) is 0 Å². The van der Waals surface area contributed by atoms with E-state index in [0.29, 0.717) is 0 Å². The number of carboxylic acid groups (broad SMARTS) is 1. The smallest absolute Gasteiger partial charge is 0.303 e. The lowest BCUT2D eigenvalue weighted by atomic mass is 9.83. The number of fused-ring (bicyclic) bond motifs is 2. The van der Waals surface area contributed by atoms with E-state index in [1.165, 1.54) is 48.7 Å². The van der Waals surface area contributed by atoms with Crippen LogP contribution >= 0.6 is 0 Å².